The van der Waals surface area contributed by atoms with E-state index in [0.29, 0.717) is 12.0 Å². The Balaban J connectivity index is 1.99. The van der Waals surface area contributed by atoms with E-state index in [1.54, 1.807) is 0 Å². The van der Waals surface area contributed by atoms with Gasteiger partial charge in [-0.05, 0) is 39.5 Å². The van der Waals surface area contributed by atoms with Gasteiger partial charge in [-0.3, -0.25) is 0 Å². The predicted octanol–water partition coefficient (Wildman–Crippen LogP) is 2.72. The minimum atomic E-state index is 0.545. The monoisotopic (exact) mass is 275 g/mol. The van der Waals surface area contributed by atoms with E-state index < -0.39 is 0 Å². The Morgan fingerprint density at radius 1 is 1.15 bits per heavy atom. The zero-order chi connectivity index (χ0) is 14.1. The summed E-state index contributed by atoms with van der Waals surface area (Å²) in [5.41, 5.74) is 3.83. The maximum absolute atomic E-state index is 5.65. The van der Waals surface area contributed by atoms with Crippen LogP contribution in [0, 0.1) is 6.92 Å². The van der Waals surface area contributed by atoms with Gasteiger partial charge in [0, 0.05) is 24.1 Å². The SMILES string of the molecule is Cc1c(NN)nc(C2CC2)nc1N1CCCCCC1C. The highest BCUT2D eigenvalue weighted by atomic mass is 15.3. The zero-order valence-electron chi connectivity index (χ0n) is 12.5. The van der Waals surface area contributed by atoms with Crippen LogP contribution in [0.1, 0.15) is 62.8 Å². The average molecular weight is 275 g/mol. The quantitative estimate of drug-likeness (QED) is 0.656. The molecule has 0 radical (unpaired) electrons. The van der Waals surface area contributed by atoms with Gasteiger partial charge < -0.3 is 10.3 Å². The second-order valence-corrected chi connectivity index (χ2v) is 6.19. The van der Waals surface area contributed by atoms with Crippen molar-refractivity contribution in [1.29, 1.82) is 0 Å². The number of nitrogens with zero attached hydrogens (tertiary/aromatic N) is 3. The van der Waals surface area contributed by atoms with Gasteiger partial charge in [-0.15, -0.1) is 0 Å². The minimum absolute atomic E-state index is 0.545. The van der Waals surface area contributed by atoms with Crippen molar-refractivity contribution >= 4 is 11.6 Å². The molecular weight excluding hydrogens is 250 g/mol. The Hall–Kier alpha value is -1.36. The minimum Gasteiger partial charge on any atom is -0.354 e. The maximum Gasteiger partial charge on any atom is 0.148 e. The average Bonchev–Trinajstić information content (AvgIpc) is 3.27. The van der Waals surface area contributed by atoms with Crippen molar-refractivity contribution in [1.82, 2.24) is 9.97 Å². The van der Waals surface area contributed by atoms with Crippen LogP contribution in [-0.2, 0) is 0 Å². The number of rotatable bonds is 3. The van der Waals surface area contributed by atoms with E-state index in [1.807, 2.05) is 0 Å². The first-order valence-electron chi connectivity index (χ1n) is 7.82. The highest BCUT2D eigenvalue weighted by molar-refractivity contribution is 5.59. The third-order valence-electron chi connectivity index (χ3n) is 4.54. The van der Waals surface area contributed by atoms with E-state index in [2.05, 4.69) is 29.2 Å². The van der Waals surface area contributed by atoms with Gasteiger partial charge in [-0.1, -0.05) is 12.8 Å². The number of nitrogen functional groups attached to an aromatic ring is 1. The van der Waals surface area contributed by atoms with E-state index in [9.17, 15) is 0 Å². The molecule has 1 atom stereocenters. The van der Waals surface area contributed by atoms with Gasteiger partial charge >= 0.3 is 0 Å². The molecule has 0 bridgehead atoms. The Labute approximate surface area is 120 Å². The number of hydrogen-bond acceptors (Lipinski definition) is 5. The lowest BCUT2D eigenvalue weighted by atomic mass is 10.1. The molecule has 1 saturated carbocycles. The van der Waals surface area contributed by atoms with Crippen molar-refractivity contribution < 1.29 is 0 Å². The molecule has 0 spiro atoms. The largest absolute Gasteiger partial charge is 0.354 e. The molecule has 1 unspecified atom stereocenters. The van der Waals surface area contributed by atoms with E-state index in [4.69, 9.17) is 10.8 Å². The standard InChI is InChI=1S/C15H25N5/c1-10-6-4-3-5-9-20(10)15-11(2)13(19-16)17-14(18-15)12-7-8-12/h10,12H,3-9,16H2,1-2H3,(H,17,18,19). The molecule has 20 heavy (non-hydrogen) atoms. The molecule has 2 heterocycles. The van der Waals surface area contributed by atoms with Gasteiger partial charge in [0.1, 0.15) is 17.5 Å². The van der Waals surface area contributed by atoms with Gasteiger partial charge in [-0.25, -0.2) is 15.8 Å². The fourth-order valence-electron chi connectivity index (χ4n) is 3.06. The van der Waals surface area contributed by atoms with Crippen molar-refractivity contribution in [3.05, 3.63) is 11.4 Å². The molecule has 1 saturated heterocycles. The molecule has 5 nitrogen and oxygen atoms in total. The molecule has 1 aromatic heterocycles. The van der Waals surface area contributed by atoms with Crippen LogP contribution < -0.4 is 16.2 Å². The third kappa shape index (κ3) is 2.59. The van der Waals surface area contributed by atoms with Gasteiger partial charge in [-0.2, -0.15) is 0 Å². The predicted molar refractivity (Wildman–Crippen MR) is 81.8 cm³/mol. The van der Waals surface area contributed by atoms with Crippen molar-refractivity contribution in [2.75, 3.05) is 16.9 Å². The first kappa shape index (κ1) is 13.6. The summed E-state index contributed by atoms with van der Waals surface area (Å²) in [7, 11) is 0. The molecule has 1 aliphatic carbocycles. The molecule has 0 aromatic carbocycles. The van der Waals surface area contributed by atoms with Crippen LogP contribution in [0.5, 0.6) is 0 Å². The zero-order valence-corrected chi connectivity index (χ0v) is 12.5. The van der Waals surface area contributed by atoms with Crippen LogP contribution in [0.15, 0.2) is 0 Å². The molecule has 3 rings (SSSR count). The molecule has 1 aromatic rings. The number of nitrogens with one attached hydrogen (secondary N) is 1. The summed E-state index contributed by atoms with van der Waals surface area (Å²) in [4.78, 5) is 11.9. The summed E-state index contributed by atoms with van der Waals surface area (Å²) in [6.07, 6.45) is 7.55. The second-order valence-electron chi connectivity index (χ2n) is 6.19. The van der Waals surface area contributed by atoms with Crippen LogP contribution in [0.3, 0.4) is 0 Å². The van der Waals surface area contributed by atoms with Gasteiger partial charge in [0.05, 0.1) is 0 Å². The van der Waals surface area contributed by atoms with E-state index in [0.717, 1.165) is 29.6 Å². The Bertz CT molecular complexity index is 483. The number of hydrogen-bond donors (Lipinski definition) is 2. The first-order valence-corrected chi connectivity index (χ1v) is 7.82. The Kier molecular flexibility index (Phi) is 3.78. The normalized spacial score (nSPS) is 23.6. The first-order chi connectivity index (χ1) is 9.70. The summed E-state index contributed by atoms with van der Waals surface area (Å²) >= 11 is 0. The van der Waals surface area contributed by atoms with Gasteiger partial charge in [0.15, 0.2) is 0 Å². The summed E-state index contributed by atoms with van der Waals surface area (Å²) in [6, 6.07) is 0.545. The summed E-state index contributed by atoms with van der Waals surface area (Å²) < 4.78 is 0. The summed E-state index contributed by atoms with van der Waals surface area (Å²) in [6.45, 7) is 5.46. The number of aromatic nitrogens is 2. The fourth-order valence-corrected chi connectivity index (χ4v) is 3.06. The smallest absolute Gasteiger partial charge is 0.148 e. The highest BCUT2D eigenvalue weighted by Gasteiger charge is 2.30. The number of nitrogens with two attached hydrogens (primary N) is 1. The number of hydrazine groups is 1. The summed E-state index contributed by atoms with van der Waals surface area (Å²) in [5.74, 6) is 9.03. The van der Waals surface area contributed by atoms with Crippen LogP contribution in [0.2, 0.25) is 0 Å². The van der Waals surface area contributed by atoms with E-state index in [1.165, 1.54) is 38.5 Å². The van der Waals surface area contributed by atoms with Gasteiger partial charge in [0.25, 0.3) is 0 Å². The highest BCUT2D eigenvalue weighted by Crippen LogP contribution is 2.40. The molecule has 3 N–H and O–H groups in total. The molecule has 5 heteroatoms. The topological polar surface area (TPSA) is 67.1 Å². The second kappa shape index (κ2) is 5.56. The number of anilines is 2. The molecule has 1 aliphatic heterocycles. The molecule has 2 fully saturated rings. The molecule has 0 amide bonds. The Morgan fingerprint density at radius 3 is 2.65 bits per heavy atom. The van der Waals surface area contributed by atoms with Crippen LogP contribution >= 0.6 is 0 Å². The van der Waals surface area contributed by atoms with Crippen molar-refractivity contribution in [3.8, 4) is 0 Å². The Morgan fingerprint density at radius 2 is 1.95 bits per heavy atom. The lowest BCUT2D eigenvalue weighted by Gasteiger charge is -2.30. The molecule has 110 valence electrons. The summed E-state index contributed by atoms with van der Waals surface area (Å²) in [5, 5.41) is 0. The van der Waals surface area contributed by atoms with Crippen LogP contribution in [0.25, 0.3) is 0 Å². The van der Waals surface area contributed by atoms with E-state index >= 15 is 0 Å². The van der Waals surface area contributed by atoms with Crippen LogP contribution in [0.4, 0.5) is 11.6 Å². The molecular formula is C15H25N5. The van der Waals surface area contributed by atoms with Crippen molar-refractivity contribution in [3.63, 3.8) is 0 Å². The fraction of sp³-hybridized carbons (Fsp3) is 0.733. The lowest BCUT2D eigenvalue weighted by molar-refractivity contribution is 0.608. The van der Waals surface area contributed by atoms with E-state index in [-0.39, 0.29) is 0 Å². The van der Waals surface area contributed by atoms with Crippen molar-refractivity contribution in [2.45, 2.75) is 64.3 Å². The van der Waals surface area contributed by atoms with Gasteiger partial charge in [0.2, 0.25) is 0 Å². The van der Waals surface area contributed by atoms with Crippen molar-refractivity contribution in [2.24, 2.45) is 5.84 Å². The lowest BCUT2D eigenvalue weighted by Crippen LogP contribution is -2.34. The maximum atomic E-state index is 5.65. The van der Waals surface area contributed by atoms with Crippen LogP contribution in [-0.4, -0.2) is 22.6 Å². The molecule has 2 aliphatic rings. The third-order valence-corrected chi connectivity index (χ3v) is 4.54.